The fourth-order valence-corrected chi connectivity index (χ4v) is 6.20. The third-order valence-corrected chi connectivity index (χ3v) is 8.19. The van der Waals surface area contributed by atoms with E-state index in [0.717, 1.165) is 0 Å². The molecule has 39 heavy (non-hydrogen) atoms. The molecule has 1 amide bonds. The number of aromatic nitrogens is 5. The Labute approximate surface area is 227 Å². The number of hydrogen-bond acceptors (Lipinski definition) is 8. The van der Waals surface area contributed by atoms with Gasteiger partial charge in [0.1, 0.15) is 27.5 Å². The summed E-state index contributed by atoms with van der Waals surface area (Å²) in [5.74, 6) is -0.193. The predicted octanol–water partition coefficient (Wildman–Crippen LogP) is 2.83. The number of amides is 1. The van der Waals surface area contributed by atoms with Crippen molar-refractivity contribution < 1.29 is 18.7 Å². The van der Waals surface area contributed by atoms with Gasteiger partial charge in [0.15, 0.2) is 0 Å². The van der Waals surface area contributed by atoms with Crippen LogP contribution in [0.3, 0.4) is 0 Å². The van der Waals surface area contributed by atoms with Gasteiger partial charge in [-0.3, -0.25) is 18.7 Å². The van der Waals surface area contributed by atoms with E-state index >= 15 is 0 Å². The van der Waals surface area contributed by atoms with Crippen molar-refractivity contribution in [2.45, 2.75) is 45.4 Å². The number of aryl methyl sites for hydroxylation is 1. The summed E-state index contributed by atoms with van der Waals surface area (Å²) < 4.78 is 28.6. The highest BCUT2D eigenvalue weighted by atomic mass is 32.1. The third kappa shape index (κ3) is 4.76. The van der Waals surface area contributed by atoms with Crippen molar-refractivity contribution in [2.75, 3.05) is 27.3 Å². The lowest BCUT2D eigenvalue weighted by molar-refractivity contribution is -0.126. The Balaban J connectivity index is 1.75. The molecule has 3 aromatic heterocycles. The minimum absolute atomic E-state index is 0.0160. The van der Waals surface area contributed by atoms with E-state index in [4.69, 9.17) is 9.47 Å². The van der Waals surface area contributed by atoms with Crippen molar-refractivity contribution in [1.82, 2.24) is 29.0 Å². The van der Waals surface area contributed by atoms with Crippen molar-refractivity contribution in [3.05, 3.63) is 68.4 Å². The molecular weight excluding hydrogens is 527 g/mol. The molecule has 1 aliphatic heterocycles. The van der Waals surface area contributed by atoms with Crippen molar-refractivity contribution >= 4 is 27.5 Å². The second-order valence-electron chi connectivity index (χ2n) is 9.48. The fraction of sp³-hybridized carbons (Fsp3) is 0.423. The second-order valence-corrected chi connectivity index (χ2v) is 10.5. The molecule has 13 heteroatoms. The van der Waals surface area contributed by atoms with Crippen LogP contribution in [-0.4, -0.2) is 62.2 Å². The van der Waals surface area contributed by atoms with Crippen molar-refractivity contribution in [3.63, 3.8) is 0 Å². The first-order valence-corrected chi connectivity index (χ1v) is 13.4. The van der Waals surface area contributed by atoms with Crippen LogP contribution in [0, 0.1) is 12.7 Å². The number of ether oxygens (including phenoxy) is 2. The largest absolute Gasteiger partial charge is 0.496 e. The highest BCUT2D eigenvalue weighted by molar-refractivity contribution is 7.21. The van der Waals surface area contributed by atoms with Crippen LogP contribution in [0.2, 0.25) is 0 Å². The molecule has 5 rings (SSSR count). The van der Waals surface area contributed by atoms with Crippen molar-refractivity contribution in [3.8, 4) is 10.8 Å². The van der Waals surface area contributed by atoms with Crippen molar-refractivity contribution in [1.29, 1.82) is 0 Å². The lowest BCUT2D eigenvalue weighted by atomic mass is 10.1. The molecule has 11 nitrogen and oxygen atoms in total. The molecule has 0 aliphatic carbocycles. The monoisotopic (exact) mass is 556 g/mol. The lowest BCUT2D eigenvalue weighted by Crippen LogP contribution is -2.43. The smallest absolute Gasteiger partial charge is 0.332 e. The van der Waals surface area contributed by atoms with E-state index in [2.05, 4.69) is 10.2 Å². The van der Waals surface area contributed by atoms with Gasteiger partial charge in [0.2, 0.25) is 5.91 Å². The van der Waals surface area contributed by atoms with Gasteiger partial charge in [0, 0.05) is 37.7 Å². The SMILES string of the molecule is CCCO[C@@H](Cn1c(=O)n([C@H]2CC(=O)N(C)C2)c(=O)c2c(C)c(-n3nccn3)sc21)c1cc(F)ccc1OC. The second kappa shape index (κ2) is 10.7. The normalized spacial score (nSPS) is 16.4. The average molecular weight is 557 g/mol. The van der Waals surface area contributed by atoms with Gasteiger partial charge in [-0.15, -0.1) is 4.80 Å². The number of halogens is 1. The summed E-state index contributed by atoms with van der Waals surface area (Å²) in [5.41, 5.74) is 0.0238. The first-order valence-electron chi connectivity index (χ1n) is 12.6. The number of fused-ring (bicyclic) bond motifs is 1. The summed E-state index contributed by atoms with van der Waals surface area (Å²) in [6.45, 7) is 4.31. The first-order chi connectivity index (χ1) is 18.7. The zero-order valence-electron chi connectivity index (χ0n) is 22.1. The zero-order chi connectivity index (χ0) is 27.8. The minimum Gasteiger partial charge on any atom is -0.496 e. The molecule has 4 aromatic rings. The summed E-state index contributed by atoms with van der Waals surface area (Å²) in [5, 5.41) is 9.35. The van der Waals surface area contributed by atoms with E-state index in [9.17, 15) is 18.8 Å². The number of carbonyl (C=O) groups excluding carboxylic acids is 1. The first kappa shape index (κ1) is 26.8. The van der Waals surface area contributed by atoms with Gasteiger partial charge >= 0.3 is 5.69 Å². The van der Waals surface area contributed by atoms with Gasteiger partial charge in [-0.05, 0) is 31.5 Å². The van der Waals surface area contributed by atoms with Crippen LogP contribution in [-0.2, 0) is 16.1 Å². The number of carbonyl (C=O) groups is 1. The molecule has 1 fully saturated rings. The van der Waals surface area contributed by atoms with Crippen LogP contribution >= 0.6 is 11.3 Å². The van der Waals surface area contributed by atoms with Crippen LogP contribution in [0.5, 0.6) is 5.75 Å². The van der Waals surface area contributed by atoms with Crippen LogP contribution in [0.25, 0.3) is 15.2 Å². The summed E-state index contributed by atoms with van der Waals surface area (Å²) in [6, 6.07) is 3.52. The van der Waals surface area contributed by atoms with Crippen LogP contribution in [0.15, 0.2) is 40.2 Å². The molecule has 1 aromatic carbocycles. The molecular formula is C26H29FN6O5S. The Morgan fingerprint density at radius 2 is 1.95 bits per heavy atom. The Hall–Kier alpha value is -3.84. The van der Waals surface area contributed by atoms with Gasteiger partial charge in [-0.2, -0.15) is 10.2 Å². The molecule has 1 saturated heterocycles. The van der Waals surface area contributed by atoms with E-state index in [1.165, 1.54) is 67.9 Å². The zero-order valence-corrected chi connectivity index (χ0v) is 22.9. The lowest BCUT2D eigenvalue weighted by Gasteiger charge is -2.23. The van der Waals surface area contributed by atoms with E-state index < -0.39 is 29.2 Å². The number of methoxy groups -OCH3 is 1. The minimum atomic E-state index is -0.760. The van der Waals surface area contributed by atoms with Gasteiger partial charge in [-0.1, -0.05) is 18.3 Å². The maximum absolute atomic E-state index is 14.4. The Kier molecular flexibility index (Phi) is 7.36. The number of likely N-dealkylation sites (tertiary alicyclic amines) is 1. The molecule has 0 radical (unpaired) electrons. The summed E-state index contributed by atoms with van der Waals surface area (Å²) in [7, 11) is 3.13. The van der Waals surface area contributed by atoms with Gasteiger partial charge in [0.25, 0.3) is 5.56 Å². The quantitative estimate of drug-likeness (QED) is 0.312. The predicted molar refractivity (Wildman–Crippen MR) is 143 cm³/mol. The summed E-state index contributed by atoms with van der Waals surface area (Å²) >= 11 is 1.21. The fourth-order valence-electron chi connectivity index (χ4n) is 4.98. The number of thiophene rings is 1. The highest BCUT2D eigenvalue weighted by Crippen LogP contribution is 2.34. The van der Waals surface area contributed by atoms with E-state index in [0.29, 0.717) is 45.1 Å². The van der Waals surface area contributed by atoms with Gasteiger partial charge in [-0.25, -0.2) is 9.18 Å². The Morgan fingerprint density at radius 1 is 1.21 bits per heavy atom. The molecule has 0 bridgehead atoms. The van der Waals surface area contributed by atoms with Gasteiger partial charge in [0.05, 0.1) is 37.5 Å². The van der Waals surface area contributed by atoms with Gasteiger partial charge < -0.3 is 14.4 Å². The topological polar surface area (TPSA) is 113 Å². The average Bonchev–Trinajstić information content (AvgIpc) is 3.63. The third-order valence-electron chi connectivity index (χ3n) is 6.91. The summed E-state index contributed by atoms with van der Waals surface area (Å²) in [6.07, 6.45) is 3.03. The molecule has 206 valence electrons. The molecule has 0 unspecified atom stereocenters. The number of hydrogen-bond donors (Lipinski definition) is 0. The molecule has 1 aliphatic rings. The molecule has 2 atom stereocenters. The number of likely N-dealkylation sites (N-methyl/N-ethyl adjacent to an activating group) is 1. The standard InChI is InChI=1S/C26H29FN6O5S/c1-5-10-38-20(18-11-16(27)6-7-19(18)37-4)14-31-25-22(15(2)24(39-25)33-28-8-9-29-33)23(35)32(26(31)36)17-12-21(34)30(3)13-17/h6-9,11,17,20H,5,10,12-14H2,1-4H3/t17-,20-/m0/s1. The molecule has 0 N–H and O–H groups in total. The van der Waals surface area contributed by atoms with Crippen LogP contribution in [0.1, 0.15) is 43.0 Å². The Morgan fingerprint density at radius 3 is 2.59 bits per heavy atom. The number of nitrogens with zero attached hydrogens (tertiary/aromatic N) is 6. The number of benzene rings is 1. The summed E-state index contributed by atoms with van der Waals surface area (Å²) in [4.78, 5) is 43.6. The molecule has 4 heterocycles. The maximum atomic E-state index is 14.4. The maximum Gasteiger partial charge on any atom is 0.332 e. The van der Waals surface area contributed by atoms with E-state index in [1.807, 2.05) is 6.92 Å². The molecule has 0 spiro atoms. The number of rotatable bonds is 9. The Bertz CT molecular complexity index is 1640. The van der Waals surface area contributed by atoms with E-state index in [1.54, 1.807) is 14.0 Å². The molecule has 0 saturated carbocycles. The highest BCUT2D eigenvalue weighted by Gasteiger charge is 2.33. The van der Waals surface area contributed by atoms with Crippen LogP contribution < -0.4 is 16.0 Å². The van der Waals surface area contributed by atoms with E-state index in [-0.39, 0.29) is 25.4 Å². The van der Waals surface area contributed by atoms with Crippen LogP contribution in [0.4, 0.5) is 4.39 Å². The van der Waals surface area contributed by atoms with Crippen molar-refractivity contribution in [2.24, 2.45) is 0 Å².